The first kappa shape index (κ1) is 16.2. The van der Waals surface area contributed by atoms with Crippen LogP contribution in [0.1, 0.15) is 44.1 Å². The zero-order valence-electron chi connectivity index (χ0n) is 13.5. The average Bonchev–Trinajstić information content (AvgIpc) is 3.20. The van der Waals surface area contributed by atoms with Gasteiger partial charge in [0.05, 0.1) is 6.10 Å². The molecule has 3 nitrogen and oxygen atoms in total. The molecule has 0 spiro atoms. The Hall–Kier alpha value is -0.710. The lowest BCUT2D eigenvalue weighted by Crippen LogP contribution is -2.38. The molecule has 2 unspecified atom stereocenters. The molecule has 0 N–H and O–H groups in total. The van der Waals surface area contributed by atoms with Crippen LogP contribution >= 0.6 is 0 Å². The monoisotopic (exact) mass is 321 g/mol. The number of ether oxygens (including phenoxy) is 1. The van der Waals surface area contributed by atoms with E-state index < -0.39 is 10.8 Å². The lowest BCUT2D eigenvalue weighted by atomic mass is 10.1. The smallest absolute Gasteiger partial charge is 0.0703 e. The second-order valence-corrected chi connectivity index (χ2v) is 7.98. The lowest BCUT2D eigenvalue weighted by molar-refractivity contribution is 0.0542. The van der Waals surface area contributed by atoms with Crippen LogP contribution in [0.3, 0.4) is 0 Å². The second-order valence-electron chi connectivity index (χ2n) is 6.60. The molecule has 1 aliphatic carbocycles. The van der Waals surface area contributed by atoms with Gasteiger partial charge in [0.25, 0.3) is 0 Å². The topological polar surface area (TPSA) is 29.5 Å². The number of hydrogen-bond acceptors (Lipinski definition) is 3. The summed E-state index contributed by atoms with van der Waals surface area (Å²) in [5.41, 5.74) is 1.32. The van der Waals surface area contributed by atoms with E-state index in [0.717, 1.165) is 24.6 Å². The van der Waals surface area contributed by atoms with E-state index in [0.29, 0.717) is 12.1 Å². The molecule has 1 saturated carbocycles. The van der Waals surface area contributed by atoms with Crippen molar-refractivity contribution >= 4 is 10.8 Å². The third-order valence-electron chi connectivity index (χ3n) is 4.94. The van der Waals surface area contributed by atoms with Gasteiger partial charge in [-0.3, -0.25) is 9.11 Å². The highest BCUT2D eigenvalue weighted by molar-refractivity contribution is 7.84. The van der Waals surface area contributed by atoms with Gasteiger partial charge in [0.1, 0.15) is 0 Å². The van der Waals surface area contributed by atoms with Gasteiger partial charge in [-0.2, -0.15) is 0 Å². The minimum atomic E-state index is -0.889. The van der Waals surface area contributed by atoms with Crippen molar-refractivity contribution in [3.05, 3.63) is 29.8 Å². The molecule has 4 heteroatoms. The van der Waals surface area contributed by atoms with Crippen LogP contribution in [0, 0.1) is 0 Å². The molecule has 1 saturated heterocycles. The van der Waals surface area contributed by atoms with Gasteiger partial charge in [-0.1, -0.05) is 25.0 Å². The van der Waals surface area contributed by atoms with Crippen molar-refractivity contribution in [1.29, 1.82) is 0 Å². The summed E-state index contributed by atoms with van der Waals surface area (Å²) in [6.45, 7) is 2.98. The molecular formula is C18H27NO2S. The van der Waals surface area contributed by atoms with E-state index in [1.54, 1.807) is 6.26 Å². The Morgan fingerprint density at radius 1 is 1.14 bits per heavy atom. The maximum absolute atomic E-state index is 11.5. The van der Waals surface area contributed by atoms with Gasteiger partial charge in [-0.25, -0.2) is 0 Å². The van der Waals surface area contributed by atoms with Crippen molar-refractivity contribution in [3.63, 3.8) is 0 Å². The average molecular weight is 321 g/mol. The highest BCUT2D eigenvalue weighted by atomic mass is 32.2. The van der Waals surface area contributed by atoms with Crippen LogP contribution < -0.4 is 0 Å². The Kier molecular flexibility index (Phi) is 5.66. The highest BCUT2D eigenvalue weighted by Crippen LogP contribution is 2.27. The first-order valence-corrected chi connectivity index (χ1v) is 10.1. The van der Waals surface area contributed by atoms with E-state index in [1.165, 1.54) is 44.1 Å². The molecule has 122 valence electrons. The van der Waals surface area contributed by atoms with E-state index in [9.17, 15) is 4.21 Å². The fourth-order valence-electron chi connectivity index (χ4n) is 3.68. The second kappa shape index (κ2) is 7.71. The van der Waals surface area contributed by atoms with Gasteiger partial charge in [-0.15, -0.1) is 0 Å². The molecule has 3 rings (SSSR count). The molecule has 2 fully saturated rings. The van der Waals surface area contributed by atoms with Crippen LogP contribution in [-0.4, -0.2) is 40.7 Å². The summed E-state index contributed by atoms with van der Waals surface area (Å²) in [6.07, 6.45) is 9.94. The normalized spacial score (nSPS) is 24.2. The Morgan fingerprint density at radius 2 is 1.86 bits per heavy atom. The van der Waals surface area contributed by atoms with Crippen molar-refractivity contribution in [2.24, 2.45) is 0 Å². The molecule has 1 heterocycles. The van der Waals surface area contributed by atoms with E-state index in [1.807, 2.05) is 12.1 Å². The summed E-state index contributed by atoms with van der Waals surface area (Å²) >= 11 is 0. The van der Waals surface area contributed by atoms with Gasteiger partial charge >= 0.3 is 0 Å². The summed E-state index contributed by atoms with van der Waals surface area (Å²) in [5, 5.41) is 0. The summed E-state index contributed by atoms with van der Waals surface area (Å²) in [7, 11) is -0.889. The molecule has 0 bridgehead atoms. The summed E-state index contributed by atoms with van der Waals surface area (Å²) < 4.78 is 17.4. The lowest BCUT2D eigenvalue weighted by Gasteiger charge is -2.31. The van der Waals surface area contributed by atoms with Gasteiger partial charge in [0, 0.05) is 47.7 Å². The SMILES string of the molecule is CS(=O)c1ccc(CN(CC2CCCO2)C2CCCC2)cc1. The summed E-state index contributed by atoms with van der Waals surface area (Å²) in [6, 6.07) is 8.99. The molecule has 2 aliphatic rings. The quantitative estimate of drug-likeness (QED) is 0.805. The zero-order valence-corrected chi connectivity index (χ0v) is 14.3. The fourth-order valence-corrected chi connectivity index (χ4v) is 4.20. The Balaban J connectivity index is 1.66. The van der Waals surface area contributed by atoms with Crippen LogP contribution in [0.4, 0.5) is 0 Å². The van der Waals surface area contributed by atoms with Gasteiger partial charge in [-0.05, 0) is 43.4 Å². The number of hydrogen-bond donors (Lipinski definition) is 0. The van der Waals surface area contributed by atoms with E-state index in [-0.39, 0.29) is 0 Å². The van der Waals surface area contributed by atoms with Crippen molar-refractivity contribution in [2.45, 2.75) is 62.1 Å². The van der Waals surface area contributed by atoms with Crippen LogP contribution in [0.2, 0.25) is 0 Å². The van der Waals surface area contributed by atoms with Crippen LogP contribution in [0.25, 0.3) is 0 Å². The third kappa shape index (κ3) is 4.18. The molecule has 0 aromatic heterocycles. The largest absolute Gasteiger partial charge is 0.377 e. The fraction of sp³-hybridized carbons (Fsp3) is 0.667. The van der Waals surface area contributed by atoms with Crippen LogP contribution in [0.15, 0.2) is 29.2 Å². The maximum atomic E-state index is 11.5. The van der Waals surface area contributed by atoms with Gasteiger partial charge in [0.15, 0.2) is 0 Å². The molecule has 2 atom stereocenters. The molecular weight excluding hydrogens is 294 g/mol. The Labute approximate surface area is 136 Å². The standard InChI is InChI=1S/C18H27NO2S/c1-22(20)18-10-8-15(9-11-18)13-19(16-5-2-3-6-16)14-17-7-4-12-21-17/h8-11,16-17H,2-7,12-14H2,1H3. The zero-order chi connectivity index (χ0) is 15.4. The van der Waals surface area contributed by atoms with Crippen molar-refractivity contribution < 1.29 is 8.95 Å². The highest BCUT2D eigenvalue weighted by Gasteiger charge is 2.26. The molecule has 0 amide bonds. The third-order valence-corrected chi connectivity index (χ3v) is 5.88. The van der Waals surface area contributed by atoms with E-state index in [4.69, 9.17) is 4.74 Å². The molecule has 1 aromatic rings. The number of benzene rings is 1. The first-order chi connectivity index (χ1) is 10.7. The summed E-state index contributed by atoms with van der Waals surface area (Å²) in [4.78, 5) is 3.54. The van der Waals surface area contributed by atoms with Crippen molar-refractivity contribution in [1.82, 2.24) is 4.90 Å². The van der Waals surface area contributed by atoms with E-state index >= 15 is 0 Å². The molecule has 22 heavy (non-hydrogen) atoms. The first-order valence-electron chi connectivity index (χ1n) is 8.50. The number of rotatable bonds is 6. The predicted molar refractivity (Wildman–Crippen MR) is 90.4 cm³/mol. The molecule has 1 aromatic carbocycles. The Bertz CT molecular complexity index is 490. The number of nitrogens with zero attached hydrogens (tertiary/aromatic N) is 1. The summed E-state index contributed by atoms with van der Waals surface area (Å²) in [5.74, 6) is 0. The molecule has 1 aliphatic heterocycles. The van der Waals surface area contributed by atoms with Gasteiger partial charge < -0.3 is 4.74 Å². The van der Waals surface area contributed by atoms with Crippen LogP contribution in [-0.2, 0) is 22.1 Å². The predicted octanol–water partition coefficient (Wildman–Crippen LogP) is 3.35. The maximum Gasteiger partial charge on any atom is 0.0703 e. The minimum Gasteiger partial charge on any atom is -0.377 e. The van der Waals surface area contributed by atoms with Gasteiger partial charge in [0.2, 0.25) is 0 Å². The molecule has 0 radical (unpaired) electrons. The van der Waals surface area contributed by atoms with Crippen molar-refractivity contribution in [2.75, 3.05) is 19.4 Å². The minimum absolute atomic E-state index is 0.419. The Morgan fingerprint density at radius 3 is 2.45 bits per heavy atom. The van der Waals surface area contributed by atoms with E-state index in [2.05, 4.69) is 17.0 Å². The van der Waals surface area contributed by atoms with Crippen LogP contribution in [0.5, 0.6) is 0 Å². The van der Waals surface area contributed by atoms with Crippen molar-refractivity contribution in [3.8, 4) is 0 Å².